The number of amides is 7. The fourth-order valence-electron chi connectivity index (χ4n) is 9.55. The first-order chi connectivity index (χ1) is 32.8. The van der Waals surface area contributed by atoms with Gasteiger partial charge in [-0.15, -0.1) is 34.5 Å². The van der Waals surface area contributed by atoms with Gasteiger partial charge < -0.3 is 35.5 Å². The van der Waals surface area contributed by atoms with Crippen LogP contribution in [0, 0.1) is 12.8 Å². The molecule has 1 aromatic heterocycles. The zero-order valence-corrected chi connectivity index (χ0v) is 42.1. The minimum absolute atomic E-state index is 0.0259. The summed E-state index contributed by atoms with van der Waals surface area (Å²) >= 11 is 14.4. The van der Waals surface area contributed by atoms with Crippen LogP contribution < -0.4 is 25.8 Å². The fourth-order valence-corrected chi connectivity index (χ4v) is 11.9. The first kappa shape index (κ1) is 51.7. The summed E-state index contributed by atoms with van der Waals surface area (Å²) in [6.45, 7) is 7.89. The number of thiophene rings is 1. The molecule has 4 atom stereocenters. The fraction of sp³-hybridized carbons (Fsp3) is 0.449. The number of anilines is 3. The van der Waals surface area contributed by atoms with Crippen LogP contribution in [-0.4, -0.2) is 99.5 Å². The van der Waals surface area contributed by atoms with Crippen molar-refractivity contribution in [2.45, 2.75) is 103 Å². The van der Waals surface area contributed by atoms with Crippen LogP contribution in [0.15, 0.2) is 53.9 Å². The molecule has 5 N–H and O–H groups in total. The summed E-state index contributed by atoms with van der Waals surface area (Å²) in [7, 11) is -4.43. The van der Waals surface area contributed by atoms with E-state index in [0.717, 1.165) is 37.1 Å². The van der Waals surface area contributed by atoms with Crippen molar-refractivity contribution in [3.63, 3.8) is 0 Å². The van der Waals surface area contributed by atoms with Crippen molar-refractivity contribution in [3.05, 3.63) is 76.2 Å². The second-order valence-corrected chi connectivity index (χ2v) is 21.5. The van der Waals surface area contributed by atoms with E-state index >= 15 is 0 Å². The van der Waals surface area contributed by atoms with Crippen molar-refractivity contribution in [1.82, 2.24) is 15.5 Å². The van der Waals surface area contributed by atoms with Gasteiger partial charge in [0.2, 0.25) is 29.5 Å². The molecule has 368 valence electrons. The van der Waals surface area contributed by atoms with E-state index in [2.05, 4.69) is 16.0 Å². The lowest BCUT2D eigenvalue weighted by Gasteiger charge is -2.24. The van der Waals surface area contributed by atoms with Crippen LogP contribution in [0.1, 0.15) is 99.8 Å². The monoisotopic (exact) mass is 1020 g/mol. The molecule has 7 amide bonds. The number of unbranched alkanes of at least 4 members (excludes halogenated alkanes) is 2. The number of carbonyl (C=O) groups excluding carboxylic acids is 7. The molecule has 4 aromatic rings. The highest BCUT2D eigenvalue weighted by atomic mass is 35.5. The average Bonchev–Trinajstić information content (AvgIpc) is 4.07. The largest absolute Gasteiger partial charge is 0.344 e. The van der Waals surface area contributed by atoms with Crippen LogP contribution in [0.2, 0.25) is 0 Å². The number of hydrogen-bond donors (Lipinski definition) is 5. The number of carbonyl (C=O) groups is 7. The van der Waals surface area contributed by atoms with Crippen LogP contribution in [0.5, 0.6) is 0 Å². The molecule has 0 saturated carbocycles. The quantitative estimate of drug-likeness (QED) is 0.0257. The topological polar surface area (TPSA) is 223 Å². The highest BCUT2D eigenvalue weighted by Crippen LogP contribution is 2.50. The molecule has 3 aliphatic heterocycles. The zero-order chi connectivity index (χ0) is 49.9. The van der Waals surface area contributed by atoms with Crippen molar-refractivity contribution < 1.29 is 47.9 Å². The van der Waals surface area contributed by atoms with Gasteiger partial charge in [0.05, 0.1) is 11.8 Å². The van der Waals surface area contributed by atoms with Crippen molar-refractivity contribution in [3.8, 4) is 0 Å². The van der Waals surface area contributed by atoms with Crippen LogP contribution >= 0.6 is 42.1 Å². The minimum atomic E-state index is -4.43. The lowest BCUT2D eigenvalue weighted by atomic mass is 9.95. The molecule has 0 unspecified atom stereocenters. The number of halogens is 2. The Morgan fingerprint density at radius 3 is 2.01 bits per heavy atom. The molecular formula is C49H57Cl2N6O10PS. The first-order valence-electron chi connectivity index (χ1n) is 23.1. The van der Waals surface area contributed by atoms with Gasteiger partial charge in [-0.2, -0.15) is 0 Å². The molecule has 3 aliphatic rings. The summed E-state index contributed by atoms with van der Waals surface area (Å²) in [5.74, 6) is -2.82. The molecule has 3 aromatic carbocycles. The van der Waals surface area contributed by atoms with Gasteiger partial charge in [-0.25, -0.2) is 0 Å². The normalized spacial score (nSPS) is 17.5. The van der Waals surface area contributed by atoms with Gasteiger partial charge in [0, 0.05) is 101 Å². The number of benzene rings is 3. The maximum atomic E-state index is 14.1. The van der Waals surface area contributed by atoms with Gasteiger partial charge in [0.25, 0.3) is 11.8 Å². The van der Waals surface area contributed by atoms with E-state index < -0.39 is 37.7 Å². The molecule has 69 heavy (non-hydrogen) atoms. The zero-order valence-electron chi connectivity index (χ0n) is 38.9. The van der Waals surface area contributed by atoms with Gasteiger partial charge in [0.1, 0.15) is 12.1 Å². The van der Waals surface area contributed by atoms with Crippen molar-refractivity contribution in [1.29, 1.82) is 0 Å². The molecule has 0 bridgehead atoms. The lowest BCUT2D eigenvalue weighted by molar-refractivity contribution is -0.137. The third-order valence-corrected chi connectivity index (χ3v) is 15.7. The van der Waals surface area contributed by atoms with Crippen LogP contribution in [0.4, 0.5) is 17.1 Å². The van der Waals surface area contributed by atoms with Crippen molar-refractivity contribution in [2.75, 3.05) is 46.5 Å². The van der Waals surface area contributed by atoms with Crippen molar-refractivity contribution in [2.24, 2.45) is 5.92 Å². The van der Waals surface area contributed by atoms with Gasteiger partial charge in [0.15, 0.2) is 0 Å². The smallest absolute Gasteiger partial charge is 0.329 e. The molecule has 0 saturated heterocycles. The predicted molar refractivity (Wildman–Crippen MR) is 269 cm³/mol. The third kappa shape index (κ3) is 11.4. The Labute approximate surface area is 414 Å². The minimum Gasteiger partial charge on any atom is -0.344 e. The number of nitrogens with zero attached hydrogens (tertiary/aromatic N) is 3. The summed E-state index contributed by atoms with van der Waals surface area (Å²) in [4.78, 5) is 116. The molecule has 4 heterocycles. The molecular weight excluding hydrogens is 967 g/mol. The Balaban J connectivity index is 0.992. The summed E-state index contributed by atoms with van der Waals surface area (Å²) < 4.78 is 12.9. The molecule has 0 aliphatic carbocycles. The number of hydrogen-bond acceptors (Lipinski definition) is 9. The number of alkyl halides is 2. The molecule has 7 rings (SSSR count). The van der Waals surface area contributed by atoms with E-state index in [-0.39, 0.29) is 97.8 Å². The maximum Gasteiger partial charge on any atom is 0.329 e. The van der Waals surface area contributed by atoms with Gasteiger partial charge in [-0.1, -0.05) is 44.5 Å². The Hall–Kier alpha value is -5.16. The molecule has 16 nitrogen and oxygen atoms in total. The van der Waals surface area contributed by atoms with Crippen LogP contribution in [-0.2, 0) is 44.3 Å². The number of aryl methyl sites for hydroxylation is 1. The third-order valence-electron chi connectivity index (χ3n) is 13.0. The molecule has 0 spiro atoms. The SMILES string of the molecule is Cc1csc2c(CP(=O)(O)O)cc3c(c12)[C@H](CCl)CN3C(=O)CCCC(=O)N1C[C@@H](CCl)c2c1cc(NC(=O)[C@H](C)NC(=O)[C@@H](NC(=O)CCCCCN1C(=O)C=CC1=O)C(C)C)c1ccccc21. The number of rotatable bonds is 20. The summed E-state index contributed by atoms with van der Waals surface area (Å²) in [5.41, 5.74) is 4.73. The standard InChI is InChI=1S/C49H57Cl2N6O10PS/c1-27(2)46(54-38(58)13-6-5-9-18-55-41(61)16-17-42(55)62)49(64)52-29(4)48(63)53-35-20-37-44(34-12-8-7-11-33(34)35)31(21-50)23-57(37)40(60)15-10-14-39(59)56-24-32(22-51)45-36(56)19-30(25-68(65,66)67)47-43(45)28(3)26-69-47/h7-8,11-12,16-17,19-20,26-27,29,31-32,46H,5-6,9-10,13-15,18,21-25H2,1-4H3,(H,52,64)(H,53,63)(H,54,58)(H2,65,66,67)/t29-,31+,32+,46-/m0/s1. The Kier molecular flexibility index (Phi) is 16.4. The Morgan fingerprint density at radius 1 is 0.797 bits per heavy atom. The molecule has 0 radical (unpaired) electrons. The van der Waals surface area contributed by atoms with E-state index in [1.807, 2.05) is 36.6 Å². The van der Waals surface area contributed by atoms with E-state index in [0.29, 0.717) is 53.8 Å². The van der Waals surface area contributed by atoms with Gasteiger partial charge >= 0.3 is 7.60 Å². The summed E-state index contributed by atoms with van der Waals surface area (Å²) in [6, 6.07) is 8.94. The van der Waals surface area contributed by atoms with E-state index in [4.69, 9.17) is 23.2 Å². The predicted octanol–water partition coefficient (Wildman–Crippen LogP) is 7.32. The number of nitrogens with one attached hydrogen (secondary N) is 3. The van der Waals surface area contributed by atoms with Gasteiger partial charge in [-0.3, -0.25) is 43.0 Å². The summed E-state index contributed by atoms with van der Waals surface area (Å²) in [5, 5.41) is 12.8. The highest BCUT2D eigenvalue weighted by Gasteiger charge is 2.38. The Bertz CT molecular complexity index is 2780. The van der Waals surface area contributed by atoms with E-state index in [1.54, 1.807) is 35.8 Å². The number of fused-ring (bicyclic) bond motifs is 6. The average molecular weight is 1020 g/mol. The van der Waals surface area contributed by atoms with Crippen LogP contribution in [0.3, 0.4) is 0 Å². The van der Waals surface area contributed by atoms with E-state index in [9.17, 15) is 47.9 Å². The van der Waals surface area contributed by atoms with Crippen LogP contribution in [0.25, 0.3) is 20.9 Å². The molecule has 20 heteroatoms. The number of imide groups is 1. The summed E-state index contributed by atoms with van der Waals surface area (Å²) in [6.07, 6.45) is 4.03. The first-order valence-corrected chi connectivity index (χ1v) is 26.9. The van der Waals surface area contributed by atoms with Gasteiger partial charge in [-0.05, 0) is 84.2 Å². The molecule has 0 fully saturated rings. The van der Waals surface area contributed by atoms with E-state index in [1.165, 1.54) is 30.4 Å². The second kappa shape index (κ2) is 21.9. The highest BCUT2D eigenvalue weighted by molar-refractivity contribution is 7.51. The second-order valence-electron chi connectivity index (χ2n) is 18.4. The maximum absolute atomic E-state index is 14.1. The Morgan fingerprint density at radius 2 is 1.41 bits per heavy atom. The lowest BCUT2D eigenvalue weighted by Crippen LogP contribution is -2.53. The van der Waals surface area contributed by atoms with Crippen molar-refractivity contribution >= 4 is 121 Å².